The fourth-order valence-electron chi connectivity index (χ4n) is 4.11. The summed E-state index contributed by atoms with van der Waals surface area (Å²) in [6.45, 7) is 7.18. The maximum absolute atomic E-state index is 6.15. The molecule has 164 valence electrons. The van der Waals surface area contributed by atoms with Crippen molar-refractivity contribution in [2.45, 2.75) is 33.0 Å². The van der Waals surface area contributed by atoms with Gasteiger partial charge in [0, 0.05) is 36.6 Å². The monoisotopic (exact) mass is 428 g/mol. The normalized spacial score (nSPS) is 13.2. The zero-order valence-corrected chi connectivity index (χ0v) is 18.5. The number of hydrogen-bond donors (Lipinski definition) is 1. The number of nitrogens with two attached hydrogens (primary N) is 1. The number of pyridine rings is 1. The van der Waals surface area contributed by atoms with Crippen molar-refractivity contribution in [2.24, 2.45) is 0 Å². The van der Waals surface area contributed by atoms with Crippen LogP contribution in [0.4, 0.5) is 5.69 Å². The average molecular weight is 429 g/mol. The molecule has 2 N–H and O–H groups in total. The summed E-state index contributed by atoms with van der Waals surface area (Å²) in [7, 11) is 0. The fraction of sp³-hybridized carbons (Fsp3) is 0.269. The molecule has 2 aromatic heterocycles. The molecule has 6 heteroatoms. The highest BCUT2D eigenvalue weighted by molar-refractivity contribution is 5.70. The summed E-state index contributed by atoms with van der Waals surface area (Å²) in [6, 6.07) is 20.8. The molecule has 0 spiro atoms. The van der Waals surface area contributed by atoms with Crippen molar-refractivity contribution < 1.29 is 9.47 Å². The fourth-order valence-corrected chi connectivity index (χ4v) is 4.11. The van der Waals surface area contributed by atoms with Crippen molar-refractivity contribution in [1.29, 1.82) is 0 Å². The number of ether oxygens (including phenoxy) is 2. The molecule has 4 aromatic rings. The molecule has 1 aliphatic heterocycles. The van der Waals surface area contributed by atoms with E-state index < -0.39 is 0 Å². The van der Waals surface area contributed by atoms with Gasteiger partial charge in [0.2, 0.25) is 0 Å². The first-order valence-corrected chi connectivity index (χ1v) is 11.0. The lowest BCUT2D eigenvalue weighted by atomic mass is 10.1. The molecule has 2 aromatic carbocycles. The Hall–Kier alpha value is -3.51. The number of nitrogens with zero attached hydrogens (tertiary/aromatic N) is 3. The third-order valence-electron chi connectivity index (χ3n) is 5.87. The lowest BCUT2D eigenvalue weighted by molar-refractivity contribution is 0.171. The van der Waals surface area contributed by atoms with E-state index in [0.717, 1.165) is 47.2 Å². The van der Waals surface area contributed by atoms with Gasteiger partial charge in [-0.05, 0) is 49.7 Å². The minimum Gasteiger partial charge on any atom is -0.486 e. The number of aromatic nitrogens is 2. The molecular weight excluding hydrogens is 400 g/mol. The second kappa shape index (κ2) is 8.55. The van der Waals surface area contributed by atoms with Gasteiger partial charge in [-0.1, -0.05) is 30.3 Å². The topological polar surface area (TPSA) is 65.0 Å². The highest BCUT2D eigenvalue weighted by Gasteiger charge is 2.21. The Labute approximate surface area is 188 Å². The summed E-state index contributed by atoms with van der Waals surface area (Å²) in [5.74, 6) is 1.55. The van der Waals surface area contributed by atoms with E-state index in [-0.39, 0.29) is 0 Å². The van der Waals surface area contributed by atoms with Crippen LogP contribution in [0.1, 0.15) is 25.1 Å². The van der Waals surface area contributed by atoms with Crippen molar-refractivity contribution >= 4 is 11.3 Å². The van der Waals surface area contributed by atoms with Gasteiger partial charge in [-0.25, -0.2) is 4.98 Å². The molecule has 0 fully saturated rings. The smallest absolute Gasteiger partial charge is 0.162 e. The molecule has 0 radical (unpaired) electrons. The number of fused-ring (bicyclic) bond motifs is 2. The summed E-state index contributed by atoms with van der Waals surface area (Å²) >= 11 is 0. The molecule has 1 aliphatic rings. The molecule has 32 heavy (non-hydrogen) atoms. The zero-order chi connectivity index (χ0) is 22.1. The van der Waals surface area contributed by atoms with Gasteiger partial charge in [-0.3, -0.25) is 4.90 Å². The molecule has 6 nitrogen and oxygen atoms in total. The van der Waals surface area contributed by atoms with E-state index in [1.807, 2.05) is 30.5 Å². The second-order valence-electron chi connectivity index (χ2n) is 8.44. The number of hydrogen-bond acceptors (Lipinski definition) is 5. The Morgan fingerprint density at radius 2 is 1.75 bits per heavy atom. The minimum absolute atomic E-state index is 0.356. The van der Waals surface area contributed by atoms with Crippen LogP contribution in [0.25, 0.3) is 16.9 Å². The molecule has 0 aliphatic carbocycles. The SMILES string of the molecule is CC(C)N(Cc1ccccc1)Cc1c(-c2ccc3c(c2)OCCO3)nc2ccc(N)cn12. The van der Waals surface area contributed by atoms with Gasteiger partial charge < -0.3 is 19.6 Å². The maximum Gasteiger partial charge on any atom is 0.162 e. The standard InChI is InChI=1S/C26H28N4O2/c1-18(2)29(15-19-6-4-3-5-7-19)17-22-26(28-25-11-9-21(27)16-30(22)25)20-8-10-23-24(14-20)32-13-12-31-23/h3-11,14,16,18H,12-13,15,17,27H2,1-2H3. The van der Waals surface area contributed by atoms with Crippen molar-refractivity contribution in [3.8, 4) is 22.8 Å². The lowest BCUT2D eigenvalue weighted by Crippen LogP contribution is -2.30. The second-order valence-corrected chi connectivity index (χ2v) is 8.44. The molecule has 0 amide bonds. The van der Waals surface area contributed by atoms with Gasteiger partial charge in [-0.2, -0.15) is 0 Å². The predicted molar refractivity (Wildman–Crippen MR) is 127 cm³/mol. The number of benzene rings is 2. The largest absolute Gasteiger partial charge is 0.486 e. The Kier molecular flexibility index (Phi) is 5.45. The van der Waals surface area contributed by atoms with Gasteiger partial charge in [0.25, 0.3) is 0 Å². The highest BCUT2D eigenvalue weighted by atomic mass is 16.6. The van der Waals surface area contributed by atoms with Crippen LogP contribution in [0.5, 0.6) is 11.5 Å². The van der Waals surface area contributed by atoms with Crippen LogP contribution in [0.3, 0.4) is 0 Å². The van der Waals surface area contributed by atoms with E-state index >= 15 is 0 Å². The molecule has 0 saturated heterocycles. The summed E-state index contributed by atoms with van der Waals surface area (Å²) < 4.78 is 13.6. The number of imidazole rings is 1. The van der Waals surface area contributed by atoms with E-state index in [9.17, 15) is 0 Å². The first-order valence-electron chi connectivity index (χ1n) is 11.0. The van der Waals surface area contributed by atoms with Gasteiger partial charge in [0.15, 0.2) is 11.5 Å². The molecule has 3 heterocycles. The predicted octanol–water partition coefficient (Wildman–Crippen LogP) is 4.77. The first kappa shape index (κ1) is 20.4. The third-order valence-corrected chi connectivity index (χ3v) is 5.87. The van der Waals surface area contributed by atoms with E-state index in [1.54, 1.807) is 0 Å². The van der Waals surface area contributed by atoms with Crippen LogP contribution in [0.2, 0.25) is 0 Å². The summed E-state index contributed by atoms with van der Waals surface area (Å²) in [5.41, 5.74) is 12.1. The maximum atomic E-state index is 6.15. The summed E-state index contributed by atoms with van der Waals surface area (Å²) in [4.78, 5) is 7.42. The van der Waals surface area contributed by atoms with Gasteiger partial charge in [-0.15, -0.1) is 0 Å². The van der Waals surface area contributed by atoms with Crippen LogP contribution in [0.15, 0.2) is 66.9 Å². The summed E-state index contributed by atoms with van der Waals surface area (Å²) in [5, 5.41) is 0. The average Bonchev–Trinajstić information content (AvgIpc) is 3.16. The van der Waals surface area contributed by atoms with Crippen LogP contribution < -0.4 is 15.2 Å². The van der Waals surface area contributed by atoms with E-state index in [1.165, 1.54) is 5.56 Å². The Bertz CT molecular complexity index is 1230. The van der Waals surface area contributed by atoms with Crippen LogP contribution in [-0.4, -0.2) is 33.5 Å². The van der Waals surface area contributed by atoms with Crippen molar-refractivity contribution in [2.75, 3.05) is 18.9 Å². The Balaban J connectivity index is 1.58. The van der Waals surface area contributed by atoms with Crippen molar-refractivity contribution in [1.82, 2.24) is 14.3 Å². The zero-order valence-electron chi connectivity index (χ0n) is 18.5. The number of rotatable bonds is 6. The van der Waals surface area contributed by atoms with Crippen molar-refractivity contribution in [3.05, 3.63) is 78.1 Å². The molecule has 0 saturated carbocycles. The number of anilines is 1. The molecule has 0 bridgehead atoms. The molecule has 5 rings (SSSR count). The molecule has 0 atom stereocenters. The van der Waals surface area contributed by atoms with Crippen LogP contribution in [0, 0.1) is 0 Å². The minimum atomic E-state index is 0.356. The Morgan fingerprint density at radius 1 is 0.969 bits per heavy atom. The van der Waals surface area contributed by atoms with Gasteiger partial charge in [0.05, 0.1) is 11.4 Å². The van der Waals surface area contributed by atoms with E-state index in [0.29, 0.717) is 24.9 Å². The summed E-state index contributed by atoms with van der Waals surface area (Å²) in [6.07, 6.45) is 1.96. The Morgan fingerprint density at radius 3 is 2.53 bits per heavy atom. The van der Waals surface area contributed by atoms with E-state index in [4.69, 9.17) is 20.2 Å². The quantitative estimate of drug-likeness (QED) is 0.479. The van der Waals surface area contributed by atoms with Crippen LogP contribution >= 0.6 is 0 Å². The first-order chi connectivity index (χ1) is 15.6. The lowest BCUT2D eigenvalue weighted by Gasteiger charge is -2.27. The van der Waals surface area contributed by atoms with Gasteiger partial charge >= 0.3 is 0 Å². The van der Waals surface area contributed by atoms with Crippen molar-refractivity contribution in [3.63, 3.8) is 0 Å². The third kappa shape index (κ3) is 4.01. The number of nitrogen functional groups attached to an aromatic ring is 1. The van der Waals surface area contributed by atoms with E-state index in [2.05, 4.69) is 59.5 Å². The molecular formula is C26H28N4O2. The van der Waals surface area contributed by atoms with Gasteiger partial charge in [0.1, 0.15) is 18.9 Å². The van der Waals surface area contributed by atoms with Crippen LogP contribution in [-0.2, 0) is 13.1 Å². The highest BCUT2D eigenvalue weighted by Crippen LogP contribution is 2.36. The molecule has 0 unspecified atom stereocenters.